The largest absolute Gasteiger partial charge is 0.299 e. The highest BCUT2D eigenvalue weighted by Gasteiger charge is 2.25. The van der Waals surface area contributed by atoms with Gasteiger partial charge in [0.05, 0.1) is 6.61 Å². The van der Waals surface area contributed by atoms with E-state index in [1.807, 2.05) is 0 Å². The minimum atomic E-state index is -4.03. The molecule has 3 nitrogen and oxygen atoms in total. The molecule has 5 heteroatoms. The van der Waals surface area contributed by atoms with Crippen LogP contribution in [-0.2, 0) is 14.3 Å². The first-order valence-corrected chi connectivity index (χ1v) is 13.0. The maximum absolute atomic E-state index is 13.8. The summed E-state index contributed by atoms with van der Waals surface area (Å²) in [6.45, 7) is 4.44. The zero-order chi connectivity index (χ0) is 20.2. The summed E-state index contributed by atoms with van der Waals surface area (Å²) in [5.74, 6) is 0. The van der Waals surface area contributed by atoms with E-state index in [-0.39, 0.29) is 13.0 Å². The summed E-state index contributed by atoms with van der Waals surface area (Å²) < 4.78 is 42.0. The molecule has 0 bridgehead atoms. The van der Waals surface area contributed by atoms with Crippen LogP contribution in [-0.4, -0.2) is 20.5 Å². The zero-order valence-electron chi connectivity index (χ0n) is 18.0. The van der Waals surface area contributed by atoms with Gasteiger partial charge in [-0.1, -0.05) is 110 Å². The van der Waals surface area contributed by atoms with Crippen molar-refractivity contribution < 1.29 is 17.0 Å². The van der Waals surface area contributed by atoms with Crippen LogP contribution in [0.5, 0.6) is 0 Å². The van der Waals surface area contributed by atoms with Gasteiger partial charge in [0.1, 0.15) is 0 Å². The van der Waals surface area contributed by atoms with Crippen molar-refractivity contribution in [1.29, 1.82) is 0 Å². The topological polar surface area (TPSA) is 43.4 Å². The molecular weight excluding hydrogens is 363 g/mol. The fourth-order valence-corrected chi connectivity index (χ4v) is 4.20. The Hall–Kier alpha value is -0.160. The van der Waals surface area contributed by atoms with E-state index < -0.39 is 15.6 Å². The van der Waals surface area contributed by atoms with Gasteiger partial charge in [0, 0.05) is 0 Å². The fourth-order valence-electron chi connectivity index (χ4n) is 3.24. The Morgan fingerprint density at radius 1 is 0.630 bits per heavy atom. The monoisotopic (exact) mass is 408 g/mol. The predicted molar refractivity (Wildman–Crippen MR) is 114 cm³/mol. The molecule has 0 rings (SSSR count). The summed E-state index contributed by atoms with van der Waals surface area (Å²) in [6, 6.07) is 0. The van der Waals surface area contributed by atoms with Gasteiger partial charge in [-0.15, -0.1) is 0 Å². The third-order valence-electron chi connectivity index (χ3n) is 5.09. The normalized spacial score (nSPS) is 13.1. The first-order valence-electron chi connectivity index (χ1n) is 11.6. The molecule has 1 unspecified atom stereocenters. The molecule has 0 N–H and O–H groups in total. The summed E-state index contributed by atoms with van der Waals surface area (Å²) in [6.07, 6.45) is 19.7. The van der Waals surface area contributed by atoms with Crippen molar-refractivity contribution in [3.63, 3.8) is 0 Å². The summed E-state index contributed by atoms with van der Waals surface area (Å²) >= 11 is 0. The van der Waals surface area contributed by atoms with Crippen molar-refractivity contribution in [2.45, 2.75) is 135 Å². The molecule has 0 aromatic carbocycles. The molecule has 0 saturated heterocycles. The van der Waals surface area contributed by atoms with Crippen LogP contribution in [0.1, 0.15) is 129 Å². The summed E-state index contributed by atoms with van der Waals surface area (Å²) in [5, 5.41) is 0. The molecule has 0 radical (unpaired) electrons. The number of hydrogen-bond acceptors (Lipinski definition) is 3. The Labute approximate surface area is 169 Å². The molecule has 1 atom stereocenters. The molecule has 0 spiro atoms. The van der Waals surface area contributed by atoms with Gasteiger partial charge in [-0.2, -0.15) is 8.42 Å². The summed E-state index contributed by atoms with van der Waals surface area (Å²) in [4.78, 5) is 0. The van der Waals surface area contributed by atoms with Gasteiger partial charge in [0.15, 0.2) is 0 Å². The third-order valence-corrected chi connectivity index (χ3v) is 6.45. The van der Waals surface area contributed by atoms with Gasteiger partial charge in [0.2, 0.25) is 5.50 Å². The second-order valence-corrected chi connectivity index (χ2v) is 9.55. The Bertz CT molecular complexity index is 398. The van der Waals surface area contributed by atoms with E-state index in [1.54, 1.807) is 0 Å². The average molecular weight is 409 g/mol. The van der Waals surface area contributed by atoms with E-state index in [4.69, 9.17) is 4.18 Å². The van der Waals surface area contributed by atoms with Crippen LogP contribution in [0.4, 0.5) is 4.39 Å². The molecule has 0 heterocycles. The molecular formula is C22H45FO3S. The molecule has 0 aromatic rings. The highest BCUT2D eigenvalue weighted by Crippen LogP contribution is 2.16. The summed E-state index contributed by atoms with van der Waals surface area (Å²) in [7, 11) is -4.03. The minimum absolute atomic E-state index is 0.0565. The lowest BCUT2D eigenvalue weighted by Gasteiger charge is -2.10. The van der Waals surface area contributed by atoms with Gasteiger partial charge in [-0.05, 0) is 19.3 Å². The second-order valence-electron chi connectivity index (χ2n) is 7.82. The molecule has 0 saturated carbocycles. The molecule has 0 aliphatic heterocycles. The molecule has 164 valence electrons. The van der Waals surface area contributed by atoms with Crippen LogP contribution in [0, 0.1) is 0 Å². The van der Waals surface area contributed by atoms with Crippen molar-refractivity contribution >= 4 is 10.1 Å². The Kier molecular flexibility index (Phi) is 19.1. The molecule has 0 amide bonds. The van der Waals surface area contributed by atoms with Crippen molar-refractivity contribution in [3.8, 4) is 0 Å². The van der Waals surface area contributed by atoms with Crippen molar-refractivity contribution in [2.24, 2.45) is 0 Å². The van der Waals surface area contributed by atoms with E-state index in [1.165, 1.54) is 64.2 Å². The number of hydrogen-bond donors (Lipinski definition) is 0. The highest BCUT2D eigenvalue weighted by atomic mass is 32.2. The number of unbranched alkanes of at least 4 members (excludes halogenated alkanes) is 15. The number of halogens is 1. The maximum Gasteiger partial charge on any atom is 0.299 e. The second kappa shape index (κ2) is 19.2. The van der Waals surface area contributed by atoms with Crippen LogP contribution in [0.2, 0.25) is 0 Å². The van der Waals surface area contributed by atoms with Crippen LogP contribution in [0.25, 0.3) is 0 Å². The zero-order valence-corrected chi connectivity index (χ0v) is 18.8. The third kappa shape index (κ3) is 17.7. The van der Waals surface area contributed by atoms with Gasteiger partial charge in [-0.25, -0.2) is 4.39 Å². The lowest BCUT2D eigenvalue weighted by atomic mass is 10.0. The first-order chi connectivity index (χ1) is 13.0. The van der Waals surface area contributed by atoms with Gasteiger partial charge < -0.3 is 0 Å². The first kappa shape index (κ1) is 26.8. The van der Waals surface area contributed by atoms with E-state index >= 15 is 0 Å². The van der Waals surface area contributed by atoms with E-state index in [2.05, 4.69) is 13.8 Å². The van der Waals surface area contributed by atoms with Gasteiger partial charge in [0.25, 0.3) is 10.1 Å². The lowest BCUT2D eigenvalue weighted by molar-refractivity contribution is 0.271. The standard InChI is InChI=1S/C22H45FO3S/c1-3-5-7-9-10-11-12-13-14-15-16-17-19-21-26-27(24,25)22(23)20-18-8-6-4-2/h22H,3-21H2,1-2H3. The van der Waals surface area contributed by atoms with Crippen LogP contribution in [0.3, 0.4) is 0 Å². The van der Waals surface area contributed by atoms with Crippen LogP contribution < -0.4 is 0 Å². The highest BCUT2D eigenvalue weighted by molar-refractivity contribution is 7.87. The van der Waals surface area contributed by atoms with Gasteiger partial charge >= 0.3 is 0 Å². The average Bonchev–Trinajstić information content (AvgIpc) is 2.65. The molecule has 0 aromatic heterocycles. The van der Waals surface area contributed by atoms with Gasteiger partial charge in [-0.3, -0.25) is 4.18 Å². The summed E-state index contributed by atoms with van der Waals surface area (Å²) in [5.41, 5.74) is -1.86. The quantitative estimate of drug-likeness (QED) is 0.144. The Morgan fingerprint density at radius 2 is 1.00 bits per heavy atom. The van der Waals surface area contributed by atoms with Crippen molar-refractivity contribution in [1.82, 2.24) is 0 Å². The molecule has 0 aliphatic rings. The number of rotatable bonds is 21. The van der Waals surface area contributed by atoms with Crippen LogP contribution in [0.15, 0.2) is 0 Å². The molecule has 0 fully saturated rings. The number of alkyl halides is 1. The Morgan fingerprint density at radius 3 is 1.44 bits per heavy atom. The smallest absolute Gasteiger partial charge is 0.268 e. The van der Waals surface area contributed by atoms with Crippen molar-refractivity contribution in [2.75, 3.05) is 6.61 Å². The van der Waals surface area contributed by atoms with E-state index in [0.29, 0.717) is 12.8 Å². The minimum Gasteiger partial charge on any atom is -0.268 e. The van der Waals surface area contributed by atoms with Crippen molar-refractivity contribution in [3.05, 3.63) is 0 Å². The SMILES string of the molecule is CCCCCCCCCCCCCCCOS(=O)(=O)C(F)CCCCCC. The fraction of sp³-hybridized carbons (Fsp3) is 1.00. The van der Waals surface area contributed by atoms with Crippen LogP contribution >= 0.6 is 0 Å². The predicted octanol–water partition coefficient (Wildman–Crippen LogP) is 7.69. The maximum atomic E-state index is 13.8. The van der Waals surface area contributed by atoms with E-state index in [9.17, 15) is 12.8 Å². The molecule has 0 aliphatic carbocycles. The van der Waals surface area contributed by atoms with E-state index in [0.717, 1.165) is 32.1 Å². The molecule has 27 heavy (non-hydrogen) atoms. The lowest BCUT2D eigenvalue weighted by Crippen LogP contribution is -2.19. The Balaban J connectivity index is 3.42.